The number of nitrogens with zero attached hydrogens (tertiary/aromatic N) is 1. The van der Waals surface area contributed by atoms with Gasteiger partial charge in [0.15, 0.2) is 0 Å². The van der Waals surface area contributed by atoms with Gasteiger partial charge in [0.05, 0.1) is 12.0 Å². The molecule has 6 heteroatoms. The summed E-state index contributed by atoms with van der Waals surface area (Å²) in [7, 11) is 1.67. The first-order chi connectivity index (χ1) is 9.81. The molecule has 0 saturated heterocycles. The van der Waals surface area contributed by atoms with E-state index in [-0.39, 0.29) is 11.6 Å². The van der Waals surface area contributed by atoms with Gasteiger partial charge in [-0.25, -0.2) is 4.39 Å². The smallest absolute Gasteiger partial charge is 0.268 e. The van der Waals surface area contributed by atoms with E-state index >= 15 is 0 Å². The lowest BCUT2D eigenvalue weighted by molar-refractivity contribution is -0.309. The predicted molar refractivity (Wildman–Crippen MR) is 74.0 cm³/mol. The molecule has 0 spiro atoms. The van der Waals surface area contributed by atoms with Gasteiger partial charge in [-0.2, -0.15) is 0 Å². The molecule has 21 heavy (non-hydrogen) atoms. The summed E-state index contributed by atoms with van der Waals surface area (Å²) in [5.74, 6) is -2.55. The molecule has 0 aliphatic heterocycles. The molecule has 0 aliphatic carbocycles. The molecular formula is C15H16FN2O3-. The largest absolute Gasteiger partial charge is 0.548 e. The number of aliphatic carboxylic acids is 1. The summed E-state index contributed by atoms with van der Waals surface area (Å²) >= 11 is 0. The molecule has 0 bridgehead atoms. The predicted octanol–water partition coefficient (Wildman–Crippen LogP) is 0.822. The van der Waals surface area contributed by atoms with Gasteiger partial charge >= 0.3 is 0 Å². The Balaban J connectivity index is 2.35. The number of carbonyl (C=O) groups excluding carboxylic acids is 2. The molecule has 0 unspecified atom stereocenters. The Morgan fingerprint density at radius 1 is 1.29 bits per heavy atom. The molecule has 0 saturated carbocycles. The van der Waals surface area contributed by atoms with E-state index in [1.165, 1.54) is 18.2 Å². The Hall–Kier alpha value is -2.37. The Morgan fingerprint density at radius 3 is 2.52 bits per heavy atom. The highest BCUT2D eigenvalue weighted by molar-refractivity contribution is 6.00. The summed E-state index contributed by atoms with van der Waals surface area (Å²) in [4.78, 5) is 23.2. The zero-order chi connectivity index (χ0) is 15.7. The van der Waals surface area contributed by atoms with Crippen molar-refractivity contribution in [2.45, 2.75) is 19.9 Å². The minimum absolute atomic E-state index is 0.266. The summed E-state index contributed by atoms with van der Waals surface area (Å²) in [6.07, 6.45) is 0. The molecule has 1 aromatic carbocycles. The molecule has 1 atom stereocenters. The number of rotatable bonds is 4. The maximum atomic E-state index is 13.2. The second kappa shape index (κ2) is 5.55. The zero-order valence-corrected chi connectivity index (χ0v) is 12.0. The molecule has 1 amide bonds. The summed E-state index contributed by atoms with van der Waals surface area (Å²) in [6.45, 7) is 3.36. The fourth-order valence-electron chi connectivity index (χ4n) is 2.25. The lowest BCUT2D eigenvalue weighted by Crippen LogP contribution is -2.51. The van der Waals surface area contributed by atoms with Crippen molar-refractivity contribution < 1.29 is 19.1 Å². The van der Waals surface area contributed by atoms with Crippen molar-refractivity contribution in [3.8, 4) is 0 Å². The lowest BCUT2D eigenvalue weighted by atomic mass is 10.0. The summed E-state index contributed by atoms with van der Waals surface area (Å²) in [5, 5.41) is 14.0. The molecule has 2 rings (SSSR count). The maximum absolute atomic E-state index is 13.2. The van der Waals surface area contributed by atoms with Crippen LogP contribution in [-0.4, -0.2) is 22.5 Å². The number of aryl methyl sites for hydroxylation is 1. The number of hydrogen-bond donors (Lipinski definition) is 1. The normalized spacial score (nSPS) is 12.6. The molecule has 1 N–H and O–H groups in total. The number of carboxylic acid groups (broad SMARTS) is 1. The topological polar surface area (TPSA) is 74.2 Å². The zero-order valence-electron chi connectivity index (χ0n) is 12.0. The third-order valence-corrected chi connectivity index (χ3v) is 3.44. The van der Waals surface area contributed by atoms with Crippen LogP contribution in [0.3, 0.4) is 0 Å². The molecular weight excluding hydrogens is 275 g/mol. The van der Waals surface area contributed by atoms with Crippen molar-refractivity contribution in [3.63, 3.8) is 0 Å². The van der Waals surface area contributed by atoms with E-state index in [1.807, 2.05) is 0 Å². The van der Waals surface area contributed by atoms with Crippen LogP contribution in [0.5, 0.6) is 0 Å². The van der Waals surface area contributed by atoms with Crippen molar-refractivity contribution >= 4 is 22.8 Å². The van der Waals surface area contributed by atoms with Crippen molar-refractivity contribution in [1.82, 2.24) is 9.88 Å². The minimum Gasteiger partial charge on any atom is -0.548 e. The van der Waals surface area contributed by atoms with Gasteiger partial charge in [-0.15, -0.1) is 0 Å². The second-order valence-corrected chi connectivity index (χ2v) is 5.31. The fraction of sp³-hybridized carbons (Fsp3) is 0.333. The van der Waals surface area contributed by atoms with Gasteiger partial charge in [-0.3, -0.25) is 4.79 Å². The second-order valence-electron chi connectivity index (χ2n) is 5.31. The average Bonchev–Trinajstić information content (AvgIpc) is 2.71. The number of benzene rings is 1. The van der Waals surface area contributed by atoms with Gasteiger partial charge in [-0.05, 0) is 30.2 Å². The SMILES string of the molecule is CC(C)[C@H](NC(=O)c1cc2cc(F)ccc2n1C)C(=O)[O-]. The van der Waals surface area contributed by atoms with E-state index in [1.54, 1.807) is 31.5 Å². The van der Waals surface area contributed by atoms with Crippen LogP contribution in [0.25, 0.3) is 10.9 Å². The maximum Gasteiger partial charge on any atom is 0.268 e. The number of carbonyl (C=O) groups is 2. The van der Waals surface area contributed by atoms with Crippen LogP contribution in [-0.2, 0) is 11.8 Å². The molecule has 1 heterocycles. The van der Waals surface area contributed by atoms with Crippen molar-refractivity contribution in [1.29, 1.82) is 0 Å². The van der Waals surface area contributed by atoms with Crippen LogP contribution in [0.1, 0.15) is 24.3 Å². The van der Waals surface area contributed by atoms with Gasteiger partial charge in [0.2, 0.25) is 0 Å². The highest BCUT2D eigenvalue weighted by Gasteiger charge is 2.20. The third kappa shape index (κ3) is 2.89. The fourth-order valence-corrected chi connectivity index (χ4v) is 2.25. The Morgan fingerprint density at radius 2 is 1.95 bits per heavy atom. The number of amides is 1. The van der Waals surface area contributed by atoms with E-state index in [0.717, 1.165) is 0 Å². The van der Waals surface area contributed by atoms with Crippen molar-refractivity contribution in [3.05, 3.63) is 35.8 Å². The number of aromatic nitrogens is 1. The third-order valence-electron chi connectivity index (χ3n) is 3.44. The van der Waals surface area contributed by atoms with Gasteiger partial charge in [0.25, 0.3) is 5.91 Å². The molecule has 0 radical (unpaired) electrons. The summed E-state index contributed by atoms with van der Waals surface area (Å²) < 4.78 is 14.8. The van der Waals surface area contributed by atoms with Crippen molar-refractivity contribution in [2.24, 2.45) is 13.0 Å². The van der Waals surface area contributed by atoms with E-state index in [4.69, 9.17) is 0 Å². The minimum atomic E-state index is -1.33. The van der Waals surface area contributed by atoms with E-state index in [9.17, 15) is 19.1 Å². The number of fused-ring (bicyclic) bond motifs is 1. The molecule has 2 aromatic rings. The monoisotopic (exact) mass is 291 g/mol. The Kier molecular flexibility index (Phi) is 3.97. The van der Waals surface area contributed by atoms with E-state index in [0.29, 0.717) is 10.9 Å². The molecule has 112 valence electrons. The first-order valence-corrected chi connectivity index (χ1v) is 6.58. The molecule has 5 nitrogen and oxygen atoms in total. The van der Waals surface area contributed by atoms with Gasteiger partial charge in [0.1, 0.15) is 11.5 Å². The standard InChI is InChI=1S/C15H17FN2O3/c1-8(2)13(15(20)21)17-14(19)12-7-9-6-10(16)4-5-11(9)18(12)3/h4-8,13H,1-3H3,(H,17,19)(H,20,21)/p-1/t13-/m0/s1. The van der Waals surface area contributed by atoms with E-state index in [2.05, 4.69) is 5.32 Å². The van der Waals surface area contributed by atoms with Crippen LogP contribution < -0.4 is 10.4 Å². The molecule has 1 aromatic heterocycles. The van der Waals surface area contributed by atoms with Crippen LogP contribution >= 0.6 is 0 Å². The summed E-state index contributed by atoms with van der Waals surface area (Å²) in [5.41, 5.74) is 0.957. The Bertz CT molecular complexity index is 706. The number of halogens is 1. The van der Waals surface area contributed by atoms with Gasteiger partial charge in [-0.1, -0.05) is 13.8 Å². The molecule has 0 aliphatic rings. The van der Waals surface area contributed by atoms with Crippen LogP contribution in [0.15, 0.2) is 24.3 Å². The van der Waals surface area contributed by atoms with Crippen LogP contribution in [0, 0.1) is 11.7 Å². The summed E-state index contributed by atoms with van der Waals surface area (Å²) in [6, 6.07) is 4.65. The highest BCUT2D eigenvalue weighted by Crippen LogP contribution is 2.20. The van der Waals surface area contributed by atoms with Gasteiger partial charge in [0, 0.05) is 18.0 Å². The first-order valence-electron chi connectivity index (χ1n) is 6.58. The van der Waals surface area contributed by atoms with Crippen molar-refractivity contribution in [2.75, 3.05) is 0 Å². The number of hydrogen-bond acceptors (Lipinski definition) is 3. The average molecular weight is 291 g/mol. The number of nitrogens with one attached hydrogen (secondary N) is 1. The van der Waals surface area contributed by atoms with Crippen LogP contribution in [0.2, 0.25) is 0 Å². The first kappa shape index (κ1) is 15.0. The highest BCUT2D eigenvalue weighted by atomic mass is 19.1. The molecule has 0 fully saturated rings. The van der Waals surface area contributed by atoms with E-state index < -0.39 is 23.7 Å². The quantitative estimate of drug-likeness (QED) is 0.906. The van der Waals surface area contributed by atoms with Gasteiger partial charge < -0.3 is 19.8 Å². The number of carboxylic acids is 1. The Labute approximate surface area is 121 Å². The van der Waals surface area contributed by atoms with Crippen LogP contribution in [0.4, 0.5) is 4.39 Å². The lowest BCUT2D eigenvalue weighted by Gasteiger charge is -2.23.